The molecule has 8 aromatic carbocycles. The van der Waals surface area contributed by atoms with Crippen LogP contribution in [-0.2, 0) is 27.1 Å². The Kier molecular flexibility index (Phi) is 8.96. The summed E-state index contributed by atoms with van der Waals surface area (Å²) in [6.45, 7) is 24.2. The summed E-state index contributed by atoms with van der Waals surface area (Å²) in [5, 5.41) is 0. The summed E-state index contributed by atoms with van der Waals surface area (Å²) in [6.07, 6.45) is 2.36. The van der Waals surface area contributed by atoms with E-state index in [1.54, 1.807) is 0 Å². The molecular formula is C65H61BN2S. The Morgan fingerprint density at radius 3 is 1.78 bits per heavy atom. The van der Waals surface area contributed by atoms with E-state index < -0.39 is 5.41 Å². The fraction of sp³-hybridized carbons (Fsp3) is 0.262. The first-order valence-corrected chi connectivity index (χ1v) is 26.1. The lowest BCUT2D eigenvalue weighted by Crippen LogP contribution is -2.63. The van der Waals surface area contributed by atoms with Crippen LogP contribution in [0.15, 0.2) is 174 Å². The molecule has 4 heteroatoms. The van der Waals surface area contributed by atoms with Crippen LogP contribution in [0.4, 0.5) is 28.4 Å². The van der Waals surface area contributed by atoms with Gasteiger partial charge < -0.3 is 9.71 Å². The average Bonchev–Trinajstić information content (AvgIpc) is 3.34. The van der Waals surface area contributed by atoms with Crippen LogP contribution < -0.4 is 20.6 Å². The molecule has 1 aliphatic carbocycles. The summed E-state index contributed by atoms with van der Waals surface area (Å²) in [4.78, 5) is 8.21. The van der Waals surface area contributed by atoms with Crippen molar-refractivity contribution in [3.05, 3.63) is 219 Å². The highest BCUT2D eigenvalue weighted by atomic mass is 32.2. The molecule has 5 aliphatic rings. The first kappa shape index (κ1) is 42.8. The molecule has 0 fully saturated rings. The largest absolute Gasteiger partial charge is 0.376 e. The molecule has 0 N–H and O–H groups in total. The number of benzene rings is 8. The third-order valence-electron chi connectivity index (χ3n) is 17.3. The molecule has 13 rings (SSSR count). The molecule has 340 valence electrons. The zero-order chi connectivity index (χ0) is 47.6. The molecule has 2 nitrogen and oxygen atoms in total. The number of hydrogen-bond acceptors (Lipinski definition) is 3. The van der Waals surface area contributed by atoms with Crippen LogP contribution in [-0.4, -0.2) is 6.85 Å². The van der Waals surface area contributed by atoms with Crippen molar-refractivity contribution in [2.45, 2.75) is 119 Å². The Morgan fingerprint density at radius 1 is 0.493 bits per heavy atom. The van der Waals surface area contributed by atoms with Gasteiger partial charge in [-0.2, -0.15) is 0 Å². The second kappa shape index (κ2) is 14.4. The minimum atomic E-state index is -0.564. The Balaban J connectivity index is 1.19. The zero-order valence-electron chi connectivity index (χ0n) is 41.9. The number of nitrogens with zero attached hydrogens (tertiary/aromatic N) is 2. The quantitative estimate of drug-likeness (QED) is 0.163. The minimum Gasteiger partial charge on any atom is -0.376 e. The fourth-order valence-electron chi connectivity index (χ4n) is 13.5. The lowest BCUT2D eigenvalue weighted by atomic mass is 9.41. The van der Waals surface area contributed by atoms with Gasteiger partial charge in [0.15, 0.2) is 0 Å². The maximum absolute atomic E-state index is 2.79. The van der Waals surface area contributed by atoms with Crippen molar-refractivity contribution in [2.24, 2.45) is 0 Å². The van der Waals surface area contributed by atoms with Crippen molar-refractivity contribution in [3.8, 4) is 11.1 Å². The molecule has 8 aromatic rings. The van der Waals surface area contributed by atoms with Crippen molar-refractivity contribution < 1.29 is 0 Å². The van der Waals surface area contributed by atoms with Crippen LogP contribution in [0.2, 0.25) is 0 Å². The van der Waals surface area contributed by atoms with Gasteiger partial charge in [0.25, 0.3) is 0 Å². The van der Waals surface area contributed by atoms with E-state index in [1.807, 2.05) is 11.8 Å². The van der Waals surface area contributed by atoms with E-state index in [0.29, 0.717) is 0 Å². The molecule has 0 aromatic heterocycles. The van der Waals surface area contributed by atoms with Gasteiger partial charge in [-0.05, 0) is 138 Å². The molecular weight excluding hydrogens is 852 g/mol. The first-order chi connectivity index (χ1) is 33.0. The van der Waals surface area contributed by atoms with Gasteiger partial charge in [-0.25, -0.2) is 0 Å². The third kappa shape index (κ3) is 5.82. The Labute approximate surface area is 414 Å². The molecule has 69 heavy (non-hydrogen) atoms. The van der Waals surface area contributed by atoms with Gasteiger partial charge in [-0.3, -0.25) is 0 Å². The molecule has 0 bridgehead atoms. The van der Waals surface area contributed by atoms with E-state index in [0.717, 1.165) is 0 Å². The predicted octanol–water partition coefficient (Wildman–Crippen LogP) is 15.8. The van der Waals surface area contributed by atoms with Crippen molar-refractivity contribution in [2.75, 3.05) is 9.71 Å². The summed E-state index contributed by atoms with van der Waals surface area (Å²) < 4.78 is 0. The number of fused-ring (bicyclic) bond motifs is 9. The van der Waals surface area contributed by atoms with Crippen molar-refractivity contribution in [3.63, 3.8) is 0 Å². The second-order valence-corrected chi connectivity index (χ2v) is 24.7. The zero-order valence-corrected chi connectivity index (χ0v) is 42.7. The summed E-state index contributed by atoms with van der Waals surface area (Å²) in [5.41, 5.74) is 24.8. The summed E-state index contributed by atoms with van der Waals surface area (Å²) in [6, 6.07) is 63.9. The number of para-hydroxylation sites is 2. The van der Waals surface area contributed by atoms with Gasteiger partial charge in [0.1, 0.15) is 0 Å². The molecule has 0 saturated heterocycles. The van der Waals surface area contributed by atoms with Crippen LogP contribution in [0.3, 0.4) is 0 Å². The lowest BCUT2D eigenvalue weighted by Gasteiger charge is -2.53. The Morgan fingerprint density at radius 2 is 1.10 bits per heavy atom. The highest BCUT2D eigenvalue weighted by Crippen LogP contribution is 2.61. The van der Waals surface area contributed by atoms with Gasteiger partial charge >= 0.3 is 6.85 Å². The Bertz CT molecular complexity index is 3430. The van der Waals surface area contributed by atoms with E-state index in [2.05, 4.69) is 243 Å². The van der Waals surface area contributed by atoms with Crippen LogP contribution in [0.1, 0.15) is 131 Å². The van der Waals surface area contributed by atoms with E-state index in [9.17, 15) is 0 Å². The van der Waals surface area contributed by atoms with E-state index in [1.165, 1.54) is 129 Å². The summed E-state index contributed by atoms with van der Waals surface area (Å²) >= 11 is 1.95. The molecule has 4 heterocycles. The normalized spacial score (nSPS) is 17.9. The highest BCUT2D eigenvalue weighted by molar-refractivity contribution is 7.99. The standard InChI is InChI=1S/C65H61BN2S/c1-40-34-49-50(63(7,8)33-32-62(49,5)6)38-54(40)67-55-39-58-51(64(9,10)47-28-18-20-31-57(47)69-58)37-52(55)66-59-45(35-43(36-56(59)67)61(2,3)4)44-26-21-29-48-60(44)68(66)53-30-19-17-27-46(53)65(48,41-22-13-11-14-23-41)42-24-15-12-16-25-42/h11-31,34-39H,32-33H2,1-10H3. The van der Waals surface area contributed by atoms with Crippen molar-refractivity contribution >= 4 is 58.0 Å². The second-order valence-electron chi connectivity index (χ2n) is 23.6. The maximum atomic E-state index is 2.79. The van der Waals surface area contributed by atoms with Gasteiger partial charge in [0.2, 0.25) is 0 Å². The van der Waals surface area contributed by atoms with E-state index in [4.69, 9.17) is 0 Å². The van der Waals surface area contributed by atoms with Gasteiger partial charge in [-0.15, -0.1) is 0 Å². The van der Waals surface area contributed by atoms with E-state index in [-0.39, 0.29) is 28.5 Å². The minimum absolute atomic E-state index is 0.0530. The molecule has 4 aliphatic heterocycles. The smallest absolute Gasteiger partial charge is 0.333 e. The van der Waals surface area contributed by atoms with Crippen LogP contribution in [0.25, 0.3) is 11.1 Å². The van der Waals surface area contributed by atoms with Gasteiger partial charge in [-0.1, -0.05) is 208 Å². The number of aryl methyl sites for hydroxylation is 1. The first-order valence-electron chi connectivity index (χ1n) is 25.3. The number of hydrogen-bond donors (Lipinski definition) is 0. The summed E-state index contributed by atoms with van der Waals surface area (Å²) in [7, 11) is 0. The van der Waals surface area contributed by atoms with Crippen molar-refractivity contribution in [1.82, 2.24) is 0 Å². The maximum Gasteiger partial charge on any atom is 0.333 e. The predicted molar refractivity (Wildman–Crippen MR) is 293 cm³/mol. The molecule has 0 saturated carbocycles. The highest BCUT2D eigenvalue weighted by Gasteiger charge is 2.54. The molecule has 0 radical (unpaired) electrons. The fourth-order valence-corrected chi connectivity index (χ4v) is 14.9. The van der Waals surface area contributed by atoms with Gasteiger partial charge in [0, 0.05) is 49.2 Å². The monoisotopic (exact) mass is 912 g/mol. The average molecular weight is 913 g/mol. The van der Waals surface area contributed by atoms with Crippen LogP contribution in [0.5, 0.6) is 0 Å². The van der Waals surface area contributed by atoms with Crippen LogP contribution in [0, 0.1) is 6.92 Å². The topological polar surface area (TPSA) is 6.48 Å². The summed E-state index contributed by atoms with van der Waals surface area (Å²) in [5.74, 6) is 0. The number of rotatable bonds is 3. The third-order valence-corrected chi connectivity index (χ3v) is 18.4. The Hall–Kier alpha value is -6.23. The molecule has 0 spiro atoms. The van der Waals surface area contributed by atoms with Gasteiger partial charge in [0.05, 0.1) is 5.41 Å². The lowest BCUT2D eigenvalue weighted by molar-refractivity contribution is 0.332. The van der Waals surface area contributed by atoms with Crippen molar-refractivity contribution in [1.29, 1.82) is 0 Å². The molecule has 0 atom stereocenters. The SMILES string of the molecule is Cc1cc2c(cc1N1c3cc4c(cc3B3c5c(cc(C(C)(C)C)cc51)-c1cccc5c1N3c1ccccc1C5(c1ccccc1)c1ccccc1)C(C)(C)c1ccccc1S4)C(C)(C)CCC2(C)C. The molecule has 0 unspecified atom stereocenters. The molecule has 0 amide bonds. The van der Waals surface area contributed by atoms with E-state index >= 15 is 0 Å². The van der Waals surface area contributed by atoms with Crippen LogP contribution >= 0.6 is 11.8 Å². The number of anilines is 5.